The molecular formula is C19H22N2O3S. The van der Waals surface area contributed by atoms with E-state index in [0.717, 1.165) is 18.5 Å². The number of sulfonamides is 1. The molecule has 1 fully saturated rings. The van der Waals surface area contributed by atoms with Gasteiger partial charge in [0.05, 0.1) is 4.90 Å². The maximum absolute atomic E-state index is 12.8. The smallest absolute Gasteiger partial charge is 0.243 e. The molecule has 0 spiro atoms. The van der Waals surface area contributed by atoms with Crippen molar-refractivity contribution in [2.75, 3.05) is 18.4 Å². The third-order valence-electron chi connectivity index (χ3n) is 4.48. The quantitative estimate of drug-likeness (QED) is 0.834. The first-order valence-corrected chi connectivity index (χ1v) is 9.83. The van der Waals surface area contributed by atoms with Crippen molar-refractivity contribution < 1.29 is 13.2 Å². The molecule has 0 aromatic heterocycles. The third-order valence-corrected chi connectivity index (χ3v) is 6.37. The van der Waals surface area contributed by atoms with Crippen LogP contribution in [-0.2, 0) is 10.0 Å². The average Bonchev–Trinajstić information content (AvgIpc) is 2.63. The Balaban J connectivity index is 1.67. The number of hydrogen-bond acceptors (Lipinski definition) is 4. The van der Waals surface area contributed by atoms with Crippen LogP contribution in [0.5, 0.6) is 0 Å². The van der Waals surface area contributed by atoms with Crippen molar-refractivity contribution in [3.05, 3.63) is 60.2 Å². The normalized spacial score (nSPS) is 16.5. The van der Waals surface area contributed by atoms with E-state index in [4.69, 9.17) is 0 Å². The van der Waals surface area contributed by atoms with Crippen LogP contribution in [0.1, 0.15) is 30.1 Å². The number of piperidine rings is 1. The lowest BCUT2D eigenvalue weighted by Gasteiger charge is -2.32. The van der Waals surface area contributed by atoms with Crippen molar-refractivity contribution in [2.45, 2.75) is 30.7 Å². The number of nitrogens with zero attached hydrogens (tertiary/aromatic N) is 1. The summed E-state index contributed by atoms with van der Waals surface area (Å²) in [6, 6.07) is 16.5. The molecule has 0 aliphatic carbocycles. The van der Waals surface area contributed by atoms with E-state index in [9.17, 15) is 13.2 Å². The number of Topliss-reactive ketones (excluding diaryl/α,β-unsaturated/α-hetero) is 1. The van der Waals surface area contributed by atoms with Crippen LogP contribution < -0.4 is 5.32 Å². The van der Waals surface area contributed by atoms with Gasteiger partial charge in [-0.25, -0.2) is 8.42 Å². The highest BCUT2D eigenvalue weighted by Gasteiger charge is 2.29. The van der Waals surface area contributed by atoms with E-state index < -0.39 is 10.0 Å². The first-order valence-electron chi connectivity index (χ1n) is 8.39. The minimum Gasteiger partial charge on any atom is -0.382 e. The van der Waals surface area contributed by atoms with Gasteiger partial charge in [0.1, 0.15) is 0 Å². The Hall–Kier alpha value is -2.18. The van der Waals surface area contributed by atoms with E-state index in [0.29, 0.717) is 18.7 Å². The fraction of sp³-hybridized carbons (Fsp3) is 0.316. The maximum Gasteiger partial charge on any atom is 0.243 e. The number of ketones is 1. The zero-order valence-electron chi connectivity index (χ0n) is 14.2. The van der Waals surface area contributed by atoms with E-state index in [1.165, 1.54) is 17.3 Å². The van der Waals surface area contributed by atoms with Gasteiger partial charge in [-0.3, -0.25) is 4.79 Å². The molecule has 1 saturated heterocycles. The molecule has 6 heteroatoms. The average molecular weight is 358 g/mol. The number of carbonyl (C=O) groups is 1. The summed E-state index contributed by atoms with van der Waals surface area (Å²) >= 11 is 0. The molecule has 0 atom stereocenters. The Bertz CT molecular complexity index is 842. The van der Waals surface area contributed by atoms with Gasteiger partial charge in [0, 0.05) is 30.4 Å². The van der Waals surface area contributed by atoms with Crippen LogP contribution in [0.15, 0.2) is 59.5 Å². The molecule has 1 aliphatic heterocycles. The molecule has 0 bridgehead atoms. The molecule has 0 saturated carbocycles. The molecule has 5 nitrogen and oxygen atoms in total. The second-order valence-corrected chi connectivity index (χ2v) is 8.21. The zero-order chi connectivity index (χ0) is 17.9. The van der Waals surface area contributed by atoms with Crippen molar-refractivity contribution in [2.24, 2.45) is 0 Å². The highest BCUT2D eigenvalue weighted by Crippen LogP contribution is 2.23. The van der Waals surface area contributed by atoms with Crippen molar-refractivity contribution in [1.29, 1.82) is 0 Å². The number of para-hydroxylation sites is 1. The summed E-state index contributed by atoms with van der Waals surface area (Å²) in [6.07, 6.45) is 1.50. The maximum atomic E-state index is 12.8. The topological polar surface area (TPSA) is 66.5 Å². The summed E-state index contributed by atoms with van der Waals surface area (Å²) in [5.41, 5.74) is 1.47. The van der Waals surface area contributed by atoms with Crippen molar-refractivity contribution >= 4 is 21.5 Å². The van der Waals surface area contributed by atoms with Crippen molar-refractivity contribution in [3.63, 3.8) is 0 Å². The summed E-state index contributed by atoms with van der Waals surface area (Å²) in [4.78, 5) is 11.7. The minimum atomic E-state index is -3.56. The predicted molar refractivity (Wildman–Crippen MR) is 98.3 cm³/mol. The van der Waals surface area contributed by atoms with Gasteiger partial charge in [-0.2, -0.15) is 4.31 Å². The molecule has 25 heavy (non-hydrogen) atoms. The van der Waals surface area contributed by atoms with Crippen molar-refractivity contribution in [3.8, 4) is 0 Å². The molecular weight excluding hydrogens is 336 g/mol. The summed E-state index contributed by atoms with van der Waals surface area (Å²) in [7, 11) is -3.56. The molecule has 0 amide bonds. The van der Waals surface area contributed by atoms with E-state index in [1.807, 2.05) is 30.3 Å². The summed E-state index contributed by atoms with van der Waals surface area (Å²) in [5, 5.41) is 3.45. The van der Waals surface area contributed by atoms with Crippen LogP contribution in [0.2, 0.25) is 0 Å². The van der Waals surface area contributed by atoms with E-state index >= 15 is 0 Å². The fourth-order valence-electron chi connectivity index (χ4n) is 3.04. The van der Waals surface area contributed by atoms with Gasteiger partial charge in [0.2, 0.25) is 10.0 Å². The highest BCUT2D eigenvalue weighted by molar-refractivity contribution is 7.89. The van der Waals surface area contributed by atoms with Gasteiger partial charge in [-0.15, -0.1) is 0 Å². The second-order valence-electron chi connectivity index (χ2n) is 6.27. The monoisotopic (exact) mass is 358 g/mol. The van der Waals surface area contributed by atoms with Crippen LogP contribution in [0.25, 0.3) is 0 Å². The Morgan fingerprint density at radius 3 is 2.36 bits per heavy atom. The number of anilines is 1. The molecule has 0 radical (unpaired) electrons. The van der Waals surface area contributed by atoms with Gasteiger partial charge in [-0.1, -0.05) is 30.3 Å². The number of benzene rings is 2. The third kappa shape index (κ3) is 4.08. The Morgan fingerprint density at radius 1 is 1.04 bits per heavy atom. The summed E-state index contributed by atoms with van der Waals surface area (Å²) < 4.78 is 27.2. The molecule has 132 valence electrons. The molecule has 3 rings (SSSR count). The van der Waals surface area contributed by atoms with E-state index in [-0.39, 0.29) is 16.7 Å². The largest absolute Gasteiger partial charge is 0.382 e. The first kappa shape index (κ1) is 17.6. The Labute approximate surface area is 148 Å². The SMILES string of the molecule is CC(=O)c1cccc(S(=O)(=O)N2CCC(Nc3ccccc3)CC2)c1. The predicted octanol–water partition coefficient (Wildman–Crippen LogP) is 3.15. The molecule has 2 aromatic carbocycles. The Morgan fingerprint density at radius 2 is 1.72 bits per heavy atom. The molecule has 1 N–H and O–H groups in total. The zero-order valence-corrected chi connectivity index (χ0v) is 15.0. The van der Waals surface area contributed by atoms with Crippen LogP contribution in [0.4, 0.5) is 5.69 Å². The lowest BCUT2D eigenvalue weighted by atomic mass is 10.1. The van der Waals surface area contributed by atoms with Crippen LogP contribution in [0.3, 0.4) is 0 Å². The lowest BCUT2D eigenvalue weighted by Crippen LogP contribution is -2.42. The van der Waals surface area contributed by atoms with Crippen LogP contribution in [-0.4, -0.2) is 37.6 Å². The highest BCUT2D eigenvalue weighted by atomic mass is 32.2. The van der Waals surface area contributed by atoms with Crippen LogP contribution >= 0.6 is 0 Å². The van der Waals surface area contributed by atoms with Crippen molar-refractivity contribution in [1.82, 2.24) is 4.31 Å². The van der Waals surface area contributed by atoms with Gasteiger partial charge in [0.25, 0.3) is 0 Å². The molecule has 1 aliphatic rings. The molecule has 1 heterocycles. The fourth-order valence-corrected chi connectivity index (χ4v) is 4.55. The van der Waals surface area contributed by atoms with Gasteiger partial charge < -0.3 is 5.32 Å². The number of carbonyl (C=O) groups excluding carboxylic acids is 1. The second kappa shape index (κ2) is 7.37. The van der Waals surface area contributed by atoms with Crippen LogP contribution in [0, 0.1) is 0 Å². The lowest BCUT2D eigenvalue weighted by molar-refractivity contribution is 0.101. The minimum absolute atomic E-state index is 0.136. The van der Waals surface area contributed by atoms with Gasteiger partial charge in [0.15, 0.2) is 5.78 Å². The first-order chi connectivity index (χ1) is 12.0. The number of hydrogen-bond donors (Lipinski definition) is 1. The number of nitrogens with one attached hydrogen (secondary N) is 1. The standard InChI is InChI=1S/C19H22N2O3S/c1-15(22)16-6-5-9-19(14-16)25(23,24)21-12-10-18(11-13-21)20-17-7-3-2-4-8-17/h2-9,14,18,20H,10-13H2,1H3. The number of rotatable bonds is 5. The van der Waals surface area contributed by atoms with E-state index in [1.54, 1.807) is 18.2 Å². The van der Waals surface area contributed by atoms with Gasteiger partial charge in [-0.05, 0) is 44.0 Å². The van der Waals surface area contributed by atoms with E-state index in [2.05, 4.69) is 5.32 Å². The summed E-state index contributed by atoms with van der Waals surface area (Å²) in [5.74, 6) is -0.136. The molecule has 0 unspecified atom stereocenters. The van der Waals surface area contributed by atoms with Gasteiger partial charge >= 0.3 is 0 Å². The Kier molecular flexibility index (Phi) is 5.20. The summed E-state index contributed by atoms with van der Waals surface area (Å²) in [6.45, 7) is 2.38. The molecule has 2 aromatic rings.